The lowest BCUT2D eigenvalue weighted by Gasteiger charge is -1.96. The number of aliphatic hydroxyl groups excluding tert-OH is 1. The molecule has 6 rings (SSSR count). The summed E-state index contributed by atoms with van der Waals surface area (Å²) in [6.45, 7) is -0.0444. The van der Waals surface area contributed by atoms with Crippen molar-refractivity contribution < 1.29 is 24.5 Å². The first kappa shape index (κ1) is 37.0. The summed E-state index contributed by atoms with van der Waals surface area (Å²) < 4.78 is 6.26. The lowest BCUT2D eigenvalue weighted by atomic mass is 10.2. The molecule has 5 heterocycles. The Morgan fingerprint density at radius 1 is 0.780 bits per heavy atom. The van der Waals surface area contributed by atoms with Crippen molar-refractivity contribution >= 4 is 33.8 Å². The number of carbonyl (C=O) groups is 2. The monoisotopic (exact) mass is 681 g/mol. The van der Waals surface area contributed by atoms with Gasteiger partial charge in [0.2, 0.25) is 0 Å². The van der Waals surface area contributed by atoms with E-state index < -0.39 is 5.97 Å². The first-order valence-electron chi connectivity index (χ1n) is 13.9. The second-order valence-corrected chi connectivity index (χ2v) is 10.3. The second kappa shape index (κ2) is 19.3. The molecule has 14 nitrogen and oxygen atoms in total. The number of aliphatic hydroxyl groups is 1. The van der Waals surface area contributed by atoms with Crippen LogP contribution in [0.1, 0.15) is 49.1 Å². The van der Waals surface area contributed by atoms with Gasteiger partial charge < -0.3 is 14.9 Å². The maximum atomic E-state index is 10.3. The first-order chi connectivity index (χ1) is 24.3. The van der Waals surface area contributed by atoms with Crippen molar-refractivity contribution in [2.24, 2.45) is 0 Å². The zero-order chi connectivity index (χ0) is 36.3. The second-order valence-electron chi connectivity index (χ2n) is 9.26. The number of ether oxygens (including phenoxy) is 1. The van der Waals surface area contributed by atoms with Gasteiger partial charge in [0.05, 0.1) is 29.5 Å². The van der Waals surface area contributed by atoms with Crippen LogP contribution in [0, 0.1) is 45.3 Å². The summed E-state index contributed by atoms with van der Waals surface area (Å²) in [5.41, 5.74) is 4.23. The van der Waals surface area contributed by atoms with Crippen LogP contribution in [0.15, 0.2) is 91.5 Å². The van der Waals surface area contributed by atoms with E-state index in [2.05, 4.69) is 24.9 Å². The average Bonchev–Trinajstić information content (AvgIpc) is 3.62. The molecule has 15 heteroatoms. The number of nitriles is 4. The van der Waals surface area contributed by atoms with Gasteiger partial charge in [-0.05, 0) is 72.3 Å². The van der Waals surface area contributed by atoms with Crippen LogP contribution >= 0.6 is 11.3 Å². The number of aromatic nitrogens is 5. The number of carbonyl (C=O) groups excluding carboxylic acids is 1. The molecule has 0 fully saturated rings. The normalized spacial score (nSPS) is 9.24. The van der Waals surface area contributed by atoms with Crippen LogP contribution in [0.2, 0.25) is 0 Å². The maximum Gasteiger partial charge on any atom is 0.335 e. The summed E-state index contributed by atoms with van der Waals surface area (Å²) in [5.74, 6) is -0.237. The fraction of sp³-hybridized carbons (Fsp3) is 0.0571. The van der Waals surface area contributed by atoms with E-state index in [-0.39, 0.29) is 23.6 Å². The first-order valence-corrected chi connectivity index (χ1v) is 14.8. The minimum absolute atomic E-state index is 0.0444. The summed E-state index contributed by atoms with van der Waals surface area (Å²) in [5, 5.41) is 51.9. The largest absolute Gasteiger partial charge is 0.497 e. The minimum Gasteiger partial charge on any atom is -0.497 e. The Morgan fingerprint density at radius 2 is 1.36 bits per heavy atom. The molecule has 2 N–H and O–H groups in total. The molecule has 0 aliphatic carbocycles. The highest BCUT2D eigenvalue weighted by molar-refractivity contribution is 7.21. The van der Waals surface area contributed by atoms with Crippen LogP contribution in [0.5, 0.6) is 5.75 Å². The van der Waals surface area contributed by atoms with E-state index in [0.29, 0.717) is 28.8 Å². The summed E-state index contributed by atoms with van der Waals surface area (Å²) in [7, 11) is 1.64. The van der Waals surface area contributed by atoms with Crippen molar-refractivity contribution in [2.45, 2.75) is 6.61 Å². The number of carboxylic acids is 1. The molecule has 0 unspecified atom stereocenters. The number of hydrogen-bond acceptors (Lipinski definition) is 14. The number of nitrogens with zero attached hydrogens (tertiary/aromatic N) is 9. The number of thiazole rings is 1. The van der Waals surface area contributed by atoms with E-state index in [1.54, 1.807) is 55.0 Å². The van der Waals surface area contributed by atoms with Gasteiger partial charge in [-0.1, -0.05) is 0 Å². The Kier molecular flexibility index (Phi) is 14.3. The van der Waals surface area contributed by atoms with Crippen molar-refractivity contribution in [1.29, 1.82) is 21.0 Å². The molecule has 0 spiro atoms. The van der Waals surface area contributed by atoms with E-state index in [0.717, 1.165) is 26.5 Å². The fourth-order valence-corrected chi connectivity index (χ4v) is 4.61. The van der Waals surface area contributed by atoms with Crippen molar-refractivity contribution in [3.05, 3.63) is 131 Å². The lowest BCUT2D eigenvalue weighted by Crippen LogP contribution is -1.97. The summed E-state index contributed by atoms with van der Waals surface area (Å²) in [6, 6.07) is 25.6. The average molecular weight is 682 g/mol. The quantitative estimate of drug-likeness (QED) is 0.225. The van der Waals surface area contributed by atoms with Crippen LogP contribution < -0.4 is 4.74 Å². The Balaban J connectivity index is 0.000000190. The molecule has 0 aliphatic heterocycles. The van der Waals surface area contributed by atoms with Crippen LogP contribution in [0.3, 0.4) is 0 Å². The van der Waals surface area contributed by atoms with Crippen molar-refractivity contribution in [2.75, 3.05) is 7.11 Å². The Hall–Kier alpha value is -7.43. The molecular formula is C35H23N9O5S. The molecule has 0 saturated heterocycles. The van der Waals surface area contributed by atoms with Gasteiger partial charge in [0.15, 0.2) is 0 Å². The smallest absolute Gasteiger partial charge is 0.335 e. The number of fused-ring (bicyclic) bond motifs is 1. The molecule has 0 saturated carbocycles. The minimum atomic E-state index is -1.05. The maximum absolute atomic E-state index is 10.3. The fourth-order valence-electron chi connectivity index (χ4n) is 3.62. The molecular weight excluding hydrogens is 659 g/mol. The molecule has 0 amide bonds. The number of methoxy groups -OCH3 is 1. The van der Waals surface area contributed by atoms with Gasteiger partial charge in [-0.3, -0.25) is 4.79 Å². The third-order valence-electron chi connectivity index (χ3n) is 5.99. The number of pyridine rings is 4. The summed E-state index contributed by atoms with van der Waals surface area (Å²) in [4.78, 5) is 40.0. The standard InChI is InChI=1S/C14H9N3OS.C7H4N2O2.C7H6N2O.C7H4N2O/c1-18-11-2-3-12-13(7-11)19-14(17-12)9-4-5-16-10(6-9)8-15;8-4-6-3-5(7(10)11)1-2-9-6;2*8-4-7-3-6(5-10)1-2-9-7/h2-7H,1H3;1-3H,(H,10,11);1-3,10H,5H2;1-3,5H. The number of aldehydes is 1. The van der Waals surface area contributed by atoms with Crippen molar-refractivity contribution in [3.8, 4) is 40.6 Å². The van der Waals surface area contributed by atoms with Gasteiger partial charge in [0.25, 0.3) is 0 Å². The third kappa shape index (κ3) is 11.1. The Bertz CT molecular complexity index is 2280. The number of rotatable bonds is 5. The van der Waals surface area contributed by atoms with Gasteiger partial charge in [-0.15, -0.1) is 11.3 Å². The number of hydrogen-bond donors (Lipinski definition) is 2. The van der Waals surface area contributed by atoms with Gasteiger partial charge in [0.1, 0.15) is 64.1 Å². The van der Waals surface area contributed by atoms with E-state index >= 15 is 0 Å². The molecule has 0 radical (unpaired) electrons. The molecule has 0 atom stereocenters. The third-order valence-corrected chi connectivity index (χ3v) is 7.06. The molecule has 0 bridgehead atoms. The molecule has 244 valence electrons. The highest BCUT2D eigenvalue weighted by Crippen LogP contribution is 2.32. The summed E-state index contributed by atoms with van der Waals surface area (Å²) >= 11 is 1.57. The zero-order valence-corrected chi connectivity index (χ0v) is 26.8. The molecule has 5 aromatic heterocycles. The molecule has 0 aliphatic rings. The van der Waals surface area contributed by atoms with Crippen LogP contribution in [-0.2, 0) is 6.61 Å². The Labute approximate surface area is 289 Å². The molecule has 6 aromatic rings. The van der Waals surface area contributed by atoms with E-state index in [9.17, 15) is 9.59 Å². The lowest BCUT2D eigenvalue weighted by molar-refractivity contribution is 0.0696. The number of benzene rings is 1. The van der Waals surface area contributed by atoms with Crippen molar-refractivity contribution in [3.63, 3.8) is 0 Å². The molecule has 50 heavy (non-hydrogen) atoms. The van der Waals surface area contributed by atoms with Crippen LogP contribution in [0.25, 0.3) is 20.8 Å². The SMILES string of the molecule is COc1ccc2nc(-c3ccnc(C#N)c3)sc2c1.N#Cc1cc(C(=O)O)ccn1.N#Cc1cc(C=O)ccn1.N#Cc1cc(CO)ccn1. The van der Waals surface area contributed by atoms with Gasteiger partial charge >= 0.3 is 5.97 Å². The van der Waals surface area contributed by atoms with E-state index in [1.807, 2.05) is 42.5 Å². The molecule has 1 aromatic carbocycles. The predicted octanol–water partition coefficient (Wildman–Crippen LogP) is 5.10. The van der Waals surface area contributed by atoms with Crippen LogP contribution in [-0.4, -0.2) is 54.5 Å². The predicted molar refractivity (Wildman–Crippen MR) is 179 cm³/mol. The highest BCUT2D eigenvalue weighted by atomic mass is 32.1. The number of aromatic carboxylic acids is 1. The van der Waals surface area contributed by atoms with Gasteiger partial charge in [0, 0.05) is 35.9 Å². The summed E-state index contributed by atoms with van der Waals surface area (Å²) in [6.07, 6.45) is 6.54. The van der Waals surface area contributed by atoms with Crippen molar-refractivity contribution in [1.82, 2.24) is 24.9 Å². The zero-order valence-electron chi connectivity index (χ0n) is 26.0. The van der Waals surface area contributed by atoms with Gasteiger partial charge in [-0.2, -0.15) is 21.0 Å². The number of carboxylic acid groups (broad SMARTS) is 1. The topological polar surface area (TPSA) is 243 Å². The van der Waals surface area contributed by atoms with E-state index in [1.165, 1.54) is 36.8 Å². The van der Waals surface area contributed by atoms with Crippen LogP contribution in [0.4, 0.5) is 0 Å². The van der Waals surface area contributed by atoms with E-state index in [4.69, 9.17) is 36.0 Å². The Morgan fingerprint density at radius 3 is 1.96 bits per heavy atom. The highest BCUT2D eigenvalue weighted by Gasteiger charge is 2.08. The van der Waals surface area contributed by atoms with Gasteiger partial charge in [-0.25, -0.2) is 29.7 Å².